The maximum Gasteiger partial charge on any atom is 0.407 e. The van der Waals surface area contributed by atoms with Gasteiger partial charge in [0.1, 0.15) is 17.9 Å². The molecule has 2 aromatic heterocycles. The van der Waals surface area contributed by atoms with Crippen LogP contribution in [0.15, 0.2) is 17.8 Å². The molecule has 6 heterocycles. The Morgan fingerprint density at radius 3 is 2.80 bits per heavy atom. The third kappa shape index (κ3) is 3.52. The van der Waals surface area contributed by atoms with Crippen molar-refractivity contribution in [1.82, 2.24) is 24.8 Å². The molecule has 9 nitrogen and oxygen atoms in total. The summed E-state index contributed by atoms with van der Waals surface area (Å²) < 4.78 is 21.3. The fraction of sp³-hybridized carbons (Fsp3) is 0.583. The molecule has 1 N–H and O–H groups in total. The molecule has 0 aliphatic carbocycles. The molecule has 0 saturated carbocycles. The zero-order chi connectivity index (χ0) is 24.3. The SMILES string of the molecule is CCC1=CCN2CCCC12COc1nc(N2C[C@H]3CC[C@@H](C2)N3C(=O)O)c2cnc(Cl)c(F)c2n1. The van der Waals surface area contributed by atoms with Crippen LogP contribution < -0.4 is 9.64 Å². The van der Waals surface area contributed by atoms with Crippen LogP contribution in [0, 0.1) is 5.82 Å². The van der Waals surface area contributed by atoms with Crippen molar-refractivity contribution in [2.24, 2.45) is 0 Å². The molecule has 0 radical (unpaired) electrons. The monoisotopic (exact) mass is 502 g/mol. The van der Waals surface area contributed by atoms with Gasteiger partial charge < -0.3 is 14.7 Å². The maximum absolute atomic E-state index is 15.1. The van der Waals surface area contributed by atoms with E-state index in [9.17, 15) is 9.90 Å². The van der Waals surface area contributed by atoms with Crippen LogP contribution in [0.3, 0.4) is 0 Å². The zero-order valence-electron chi connectivity index (χ0n) is 19.6. The van der Waals surface area contributed by atoms with E-state index in [4.69, 9.17) is 21.3 Å². The van der Waals surface area contributed by atoms with E-state index in [0.29, 0.717) is 30.9 Å². The number of pyridine rings is 1. The van der Waals surface area contributed by atoms with Crippen molar-refractivity contribution in [1.29, 1.82) is 0 Å². The van der Waals surface area contributed by atoms with Gasteiger partial charge in [-0.1, -0.05) is 24.6 Å². The Morgan fingerprint density at radius 1 is 1.31 bits per heavy atom. The number of anilines is 1. The van der Waals surface area contributed by atoms with Crippen LogP contribution in [-0.2, 0) is 0 Å². The molecule has 1 amide bonds. The van der Waals surface area contributed by atoms with Crippen LogP contribution in [-0.4, -0.2) is 86.4 Å². The van der Waals surface area contributed by atoms with Crippen molar-refractivity contribution in [2.45, 2.75) is 56.7 Å². The first-order chi connectivity index (χ1) is 16.9. The Balaban J connectivity index is 1.36. The first-order valence-electron chi connectivity index (χ1n) is 12.3. The minimum Gasteiger partial charge on any atom is -0.465 e. The van der Waals surface area contributed by atoms with Gasteiger partial charge in [-0.2, -0.15) is 9.97 Å². The lowest BCUT2D eigenvalue weighted by molar-refractivity contribution is 0.114. The molecule has 35 heavy (non-hydrogen) atoms. The number of amides is 1. The Morgan fingerprint density at radius 2 is 2.09 bits per heavy atom. The van der Waals surface area contributed by atoms with Crippen molar-refractivity contribution in [3.05, 3.63) is 28.8 Å². The number of piperazine rings is 1. The highest BCUT2D eigenvalue weighted by Crippen LogP contribution is 2.42. The standard InChI is InChI=1S/C24H28ClFN6O3/c1-2-14-6-9-31-8-3-7-24(14,31)13-35-22-28-19-17(10-27-20(25)18(19)26)21(29-22)30-11-15-4-5-16(12-30)32(15)23(33)34/h6,10,15-16H,2-5,7-9,11-13H2,1H3,(H,33,34)/t15-,16+,24?. The van der Waals surface area contributed by atoms with Gasteiger partial charge in [-0.25, -0.2) is 14.2 Å². The molecule has 3 atom stereocenters. The van der Waals surface area contributed by atoms with Gasteiger partial charge in [-0.3, -0.25) is 9.80 Å². The summed E-state index contributed by atoms with van der Waals surface area (Å²) in [5.74, 6) is -0.200. The summed E-state index contributed by atoms with van der Waals surface area (Å²) >= 11 is 5.99. The number of halogens is 2. The van der Waals surface area contributed by atoms with E-state index >= 15 is 4.39 Å². The van der Waals surface area contributed by atoms with Crippen molar-refractivity contribution >= 4 is 34.4 Å². The molecule has 6 rings (SSSR count). The summed E-state index contributed by atoms with van der Waals surface area (Å²) in [6.07, 6.45) is 7.54. The predicted octanol–water partition coefficient (Wildman–Crippen LogP) is 3.71. The summed E-state index contributed by atoms with van der Waals surface area (Å²) in [7, 11) is 0. The number of carboxylic acid groups (broad SMARTS) is 1. The number of nitrogens with zero attached hydrogens (tertiary/aromatic N) is 6. The second kappa shape index (κ2) is 8.44. The number of aromatic nitrogens is 3. The highest BCUT2D eigenvalue weighted by atomic mass is 35.5. The van der Waals surface area contributed by atoms with Gasteiger partial charge >= 0.3 is 12.1 Å². The Hall–Kier alpha value is -2.72. The predicted molar refractivity (Wildman–Crippen MR) is 129 cm³/mol. The van der Waals surface area contributed by atoms with Gasteiger partial charge in [-0.05, 0) is 44.2 Å². The third-order valence-electron chi connectivity index (χ3n) is 8.20. The lowest BCUT2D eigenvalue weighted by atomic mass is 9.88. The summed E-state index contributed by atoms with van der Waals surface area (Å²) in [4.78, 5) is 30.9. The van der Waals surface area contributed by atoms with Crippen molar-refractivity contribution in [3.8, 4) is 6.01 Å². The maximum atomic E-state index is 15.1. The van der Waals surface area contributed by atoms with Crippen molar-refractivity contribution < 1.29 is 19.0 Å². The first-order valence-corrected chi connectivity index (χ1v) is 12.6. The van der Waals surface area contributed by atoms with Gasteiger partial charge in [0.25, 0.3) is 0 Å². The van der Waals surface area contributed by atoms with Crippen LogP contribution in [0.1, 0.15) is 39.0 Å². The molecular weight excluding hydrogens is 475 g/mol. The van der Waals surface area contributed by atoms with E-state index in [1.165, 1.54) is 11.8 Å². The number of rotatable bonds is 5. The summed E-state index contributed by atoms with van der Waals surface area (Å²) in [5, 5.41) is 9.82. The zero-order valence-corrected chi connectivity index (χ0v) is 20.3. The summed E-state index contributed by atoms with van der Waals surface area (Å²) in [6, 6.07) is -0.162. The molecule has 3 saturated heterocycles. The average molecular weight is 503 g/mol. The van der Waals surface area contributed by atoms with Gasteiger partial charge in [0, 0.05) is 25.8 Å². The largest absolute Gasteiger partial charge is 0.465 e. The average Bonchev–Trinajstić information content (AvgIpc) is 3.49. The number of hydrogen-bond donors (Lipinski definition) is 1. The quantitative estimate of drug-likeness (QED) is 0.488. The second-order valence-electron chi connectivity index (χ2n) is 9.89. The van der Waals surface area contributed by atoms with Crippen LogP contribution in [0.2, 0.25) is 5.15 Å². The number of carbonyl (C=O) groups is 1. The van der Waals surface area contributed by atoms with Gasteiger partial charge in [-0.15, -0.1) is 0 Å². The highest BCUT2D eigenvalue weighted by Gasteiger charge is 2.47. The molecule has 0 aromatic carbocycles. The fourth-order valence-electron chi connectivity index (χ4n) is 6.58. The molecule has 4 aliphatic rings. The van der Waals surface area contributed by atoms with Crippen LogP contribution in [0.5, 0.6) is 6.01 Å². The topological polar surface area (TPSA) is 94.9 Å². The number of fused-ring (bicyclic) bond motifs is 4. The highest BCUT2D eigenvalue weighted by molar-refractivity contribution is 6.30. The molecular formula is C24H28ClFN6O3. The molecule has 2 bridgehead atoms. The number of ether oxygens (including phenoxy) is 1. The normalized spacial score (nSPS) is 28.0. The van der Waals surface area contributed by atoms with Crippen molar-refractivity contribution in [3.63, 3.8) is 0 Å². The van der Waals surface area contributed by atoms with E-state index in [-0.39, 0.29) is 34.3 Å². The Kier molecular flexibility index (Phi) is 5.48. The van der Waals surface area contributed by atoms with Crippen LogP contribution >= 0.6 is 11.6 Å². The van der Waals surface area contributed by atoms with Crippen LogP contribution in [0.25, 0.3) is 10.9 Å². The van der Waals surface area contributed by atoms with E-state index in [1.54, 1.807) is 4.90 Å². The summed E-state index contributed by atoms with van der Waals surface area (Å²) in [6.45, 7) is 5.45. The number of hydrogen-bond acceptors (Lipinski definition) is 7. The Bertz CT molecular complexity index is 1210. The van der Waals surface area contributed by atoms with Gasteiger partial charge in [0.2, 0.25) is 0 Å². The molecule has 4 aliphatic heterocycles. The van der Waals surface area contributed by atoms with E-state index in [1.807, 2.05) is 4.90 Å². The van der Waals surface area contributed by atoms with E-state index < -0.39 is 11.9 Å². The van der Waals surface area contributed by atoms with Crippen molar-refractivity contribution in [2.75, 3.05) is 37.7 Å². The minimum absolute atomic E-state index is 0.0662. The van der Waals surface area contributed by atoms with E-state index in [2.05, 4.69) is 27.9 Å². The van der Waals surface area contributed by atoms with Gasteiger partial charge in [0.05, 0.1) is 23.0 Å². The third-order valence-corrected chi connectivity index (χ3v) is 8.47. The summed E-state index contributed by atoms with van der Waals surface area (Å²) in [5.41, 5.74) is 1.28. The fourth-order valence-corrected chi connectivity index (χ4v) is 6.72. The van der Waals surface area contributed by atoms with Gasteiger partial charge in [0.15, 0.2) is 11.0 Å². The molecule has 1 unspecified atom stereocenters. The minimum atomic E-state index is -0.898. The smallest absolute Gasteiger partial charge is 0.407 e. The molecule has 0 spiro atoms. The molecule has 3 fully saturated rings. The second-order valence-corrected chi connectivity index (χ2v) is 10.2. The molecule has 11 heteroatoms. The lowest BCUT2D eigenvalue weighted by Crippen LogP contribution is -2.55. The molecule has 2 aromatic rings. The lowest BCUT2D eigenvalue weighted by Gasteiger charge is -2.40. The first kappa shape index (κ1) is 22.7. The van der Waals surface area contributed by atoms with Crippen LogP contribution in [0.4, 0.5) is 15.0 Å². The Labute approximate surface area is 207 Å². The molecule has 186 valence electrons. The van der Waals surface area contributed by atoms with E-state index in [0.717, 1.165) is 45.2 Å².